The van der Waals surface area contributed by atoms with E-state index in [1.54, 1.807) is 0 Å². The van der Waals surface area contributed by atoms with Crippen LogP contribution in [0, 0.1) is 0 Å². The number of hydrogen-bond donors (Lipinski definition) is 2. The molecule has 3 amide bonds. The summed E-state index contributed by atoms with van der Waals surface area (Å²) in [7, 11) is -4.67. The Morgan fingerprint density at radius 1 is 0.976 bits per heavy atom. The van der Waals surface area contributed by atoms with Crippen LogP contribution in [0.3, 0.4) is 0 Å². The summed E-state index contributed by atoms with van der Waals surface area (Å²) in [5, 5.41) is 0.864. The molecule has 4 atom stereocenters. The fourth-order valence-electron chi connectivity index (χ4n) is 6.49. The number of piperidine rings is 1. The van der Waals surface area contributed by atoms with Gasteiger partial charge < -0.3 is 15.4 Å². The molecule has 0 aromatic heterocycles. The van der Waals surface area contributed by atoms with Crippen LogP contribution in [0.5, 0.6) is 0 Å². The lowest BCUT2D eigenvalue weighted by Gasteiger charge is -2.48. The van der Waals surface area contributed by atoms with Crippen molar-refractivity contribution in [2.45, 2.75) is 147 Å². The number of carbonyl (C=O) groups is 2. The third-order valence-corrected chi connectivity index (χ3v) is 9.59. The first-order valence-corrected chi connectivity index (χ1v) is 17.0. The quantitative estimate of drug-likeness (QED) is 0.221. The average Bonchev–Trinajstić information content (AvgIpc) is 3.18. The number of fused-ring (bicyclic) bond motifs is 2. The Labute approximate surface area is 246 Å². The summed E-state index contributed by atoms with van der Waals surface area (Å²) in [6.45, 7) is 9.46. The van der Waals surface area contributed by atoms with E-state index >= 15 is 0 Å². The second-order valence-corrected chi connectivity index (χ2v) is 13.0. The minimum absolute atomic E-state index is 0.142. The van der Waals surface area contributed by atoms with E-state index in [2.05, 4.69) is 12.4 Å². The van der Waals surface area contributed by atoms with Gasteiger partial charge in [0.05, 0.1) is 12.1 Å². The summed E-state index contributed by atoms with van der Waals surface area (Å²) in [6, 6.07) is -1.98. The molecule has 238 valence electrons. The van der Waals surface area contributed by atoms with E-state index in [0.717, 1.165) is 37.2 Å². The van der Waals surface area contributed by atoms with Gasteiger partial charge in [-0.3, -0.25) is 9.63 Å². The highest BCUT2D eigenvalue weighted by molar-refractivity contribution is 7.81. The summed E-state index contributed by atoms with van der Waals surface area (Å²) in [4.78, 5) is 33.1. The third-order valence-electron chi connectivity index (χ3n) is 8.72. The largest absolute Gasteiger partial charge is 0.421 e. The molecule has 2 bridgehead atoms. The summed E-state index contributed by atoms with van der Waals surface area (Å²) in [6.07, 6.45) is 8.96. The second kappa shape index (κ2) is 15.3. The topological polar surface area (TPSA) is 150 Å². The highest BCUT2D eigenvalue weighted by atomic mass is 32.3. The number of amides is 3. The average molecular weight is 605 g/mol. The Hall–Kier alpha value is -1.51. The third kappa shape index (κ3) is 8.32. The normalized spacial score (nSPS) is 24.8. The number of nitrogens with one attached hydrogen (secondary N) is 1. The predicted octanol–water partition coefficient (Wildman–Crippen LogP) is 4.09. The van der Waals surface area contributed by atoms with Gasteiger partial charge in [0, 0.05) is 25.3 Å². The van der Waals surface area contributed by atoms with E-state index < -0.39 is 45.6 Å². The number of carbonyl (C=O) groups excluding carboxylic acids is 2. The number of urea groups is 1. The fourth-order valence-corrected chi connectivity index (χ4v) is 7.63. The zero-order valence-electron chi connectivity index (χ0n) is 25.4. The smallest absolute Gasteiger partial charge is 0.381 e. The zero-order valence-corrected chi connectivity index (χ0v) is 26.2. The van der Waals surface area contributed by atoms with Crippen molar-refractivity contribution < 1.29 is 36.0 Å². The molecule has 3 rings (SSSR count). The van der Waals surface area contributed by atoms with E-state index in [1.165, 1.54) is 4.90 Å². The Balaban J connectivity index is 1.74. The lowest BCUT2D eigenvalue weighted by Crippen LogP contribution is -2.63. The molecular weight excluding hydrogens is 552 g/mol. The van der Waals surface area contributed by atoms with Gasteiger partial charge in [-0.25, -0.2) is 14.5 Å². The number of rotatable bonds is 18. The van der Waals surface area contributed by atoms with Crippen LogP contribution in [0.2, 0.25) is 0 Å². The number of ether oxygens (including phenoxy) is 1. The van der Waals surface area contributed by atoms with Gasteiger partial charge in [-0.2, -0.15) is 13.5 Å². The first-order valence-electron chi connectivity index (χ1n) is 15.6. The molecule has 0 spiro atoms. The lowest BCUT2D eigenvalue weighted by atomic mass is 9.69. The van der Waals surface area contributed by atoms with Gasteiger partial charge in [0.25, 0.3) is 5.91 Å². The second-order valence-electron chi connectivity index (χ2n) is 11.8. The number of nitrogens with zero attached hydrogens (tertiary/aromatic N) is 2. The molecule has 0 saturated carbocycles. The maximum absolute atomic E-state index is 13.6. The van der Waals surface area contributed by atoms with Crippen LogP contribution in [-0.2, 0) is 33.2 Å². The van der Waals surface area contributed by atoms with Gasteiger partial charge in [-0.05, 0) is 51.4 Å². The minimum atomic E-state index is -4.67. The van der Waals surface area contributed by atoms with E-state index in [4.69, 9.17) is 23.8 Å². The maximum Gasteiger partial charge on any atom is 0.421 e. The van der Waals surface area contributed by atoms with Crippen molar-refractivity contribution in [2.75, 3.05) is 19.8 Å². The van der Waals surface area contributed by atoms with Crippen LogP contribution >= 0.6 is 0 Å². The van der Waals surface area contributed by atoms with Gasteiger partial charge >= 0.3 is 16.4 Å². The summed E-state index contributed by atoms with van der Waals surface area (Å²) < 4.78 is 43.9. The predicted molar refractivity (Wildman–Crippen MR) is 153 cm³/mol. The summed E-state index contributed by atoms with van der Waals surface area (Å²) in [5.41, 5.74) is 7.52. The van der Waals surface area contributed by atoms with E-state index in [-0.39, 0.29) is 12.6 Å². The highest BCUT2D eigenvalue weighted by Crippen LogP contribution is 2.42. The fraction of sp³-hybridized carbons (Fsp3) is 0.929. The highest BCUT2D eigenvalue weighted by Gasteiger charge is 2.54. The number of unbranched alkanes of at least 4 members (excludes halogenated alkanes) is 2. The molecule has 3 fully saturated rings. The molecule has 41 heavy (non-hydrogen) atoms. The molecule has 0 aliphatic carbocycles. The van der Waals surface area contributed by atoms with Gasteiger partial charge in [0.2, 0.25) is 0 Å². The van der Waals surface area contributed by atoms with Gasteiger partial charge in [0.1, 0.15) is 11.6 Å². The van der Waals surface area contributed by atoms with Crippen LogP contribution < -0.4 is 11.2 Å². The number of nitrogens with two attached hydrogens (primary N) is 1. The molecule has 3 heterocycles. The molecule has 0 aromatic carbocycles. The van der Waals surface area contributed by atoms with Gasteiger partial charge in [-0.15, -0.1) is 4.28 Å². The van der Waals surface area contributed by atoms with E-state index in [1.807, 2.05) is 20.8 Å². The van der Waals surface area contributed by atoms with Gasteiger partial charge in [0.15, 0.2) is 0 Å². The molecule has 3 saturated heterocycles. The Morgan fingerprint density at radius 3 is 2.27 bits per heavy atom. The molecular formula is C28H52N4O8S. The molecule has 2 unspecified atom stereocenters. The lowest BCUT2D eigenvalue weighted by molar-refractivity contribution is -0.148. The minimum Gasteiger partial charge on any atom is -0.381 e. The van der Waals surface area contributed by atoms with Crippen molar-refractivity contribution in [1.29, 1.82) is 0 Å². The first kappa shape index (κ1) is 34.0. The van der Waals surface area contributed by atoms with Crippen molar-refractivity contribution in [2.24, 2.45) is 5.73 Å². The van der Waals surface area contributed by atoms with Crippen molar-refractivity contribution in [3.05, 3.63) is 0 Å². The Bertz CT molecular complexity index is 963. The van der Waals surface area contributed by atoms with Crippen molar-refractivity contribution in [3.63, 3.8) is 0 Å². The first-order chi connectivity index (χ1) is 19.5. The SMILES string of the molecule is CCCCC(N)(CCC)C(CCC)(CCCC)OS(=O)(=O)ON1C(=O)N2C[C@H]1CC[C@H]2C(=O)NOC1CCOCC1. The molecule has 3 aliphatic rings. The summed E-state index contributed by atoms with van der Waals surface area (Å²) >= 11 is 0. The van der Waals surface area contributed by atoms with Gasteiger partial charge in [-0.1, -0.05) is 66.2 Å². The maximum atomic E-state index is 13.6. The zero-order chi connectivity index (χ0) is 30.1. The van der Waals surface area contributed by atoms with Crippen LogP contribution in [-0.4, -0.2) is 79.4 Å². The van der Waals surface area contributed by atoms with Crippen molar-refractivity contribution >= 4 is 22.3 Å². The van der Waals surface area contributed by atoms with E-state index in [9.17, 15) is 18.0 Å². The molecule has 13 heteroatoms. The van der Waals surface area contributed by atoms with Crippen LogP contribution in [0.25, 0.3) is 0 Å². The molecule has 0 aromatic rings. The standard InChI is InChI=1S/C28H52N4O8S/c1-5-9-17-27(29,15-7-3)28(16-8-4,18-10-6-2)39-41(35,36)40-32-22-11-12-24(31(21-22)26(32)34)25(33)30-38-23-13-19-37-20-14-23/h22-24H,5-21,29H2,1-4H3,(H,30,33)/t22-,24+,27?,28?/m1/s1. The van der Waals surface area contributed by atoms with Crippen molar-refractivity contribution in [1.82, 2.24) is 15.4 Å². The molecule has 12 nitrogen and oxygen atoms in total. The van der Waals surface area contributed by atoms with E-state index in [0.29, 0.717) is 71.0 Å². The van der Waals surface area contributed by atoms with Crippen LogP contribution in [0.15, 0.2) is 0 Å². The monoisotopic (exact) mass is 604 g/mol. The summed E-state index contributed by atoms with van der Waals surface area (Å²) in [5.74, 6) is -0.436. The molecule has 3 aliphatic heterocycles. The van der Waals surface area contributed by atoms with Crippen LogP contribution in [0.1, 0.15) is 118 Å². The molecule has 3 N–H and O–H groups in total. The van der Waals surface area contributed by atoms with Crippen molar-refractivity contribution in [3.8, 4) is 0 Å². The Kier molecular flexibility index (Phi) is 12.7. The number of hydrogen-bond acceptors (Lipinski definition) is 9. The van der Waals surface area contributed by atoms with Crippen LogP contribution in [0.4, 0.5) is 4.79 Å². The number of hydroxylamine groups is 3. The molecule has 0 radical (unpaired) electrons. The Morgan fingerprint density at radius 2 is 1.63 bits per heavy atom.